The van der Waals surface area contributed by atoms with E-state index >= 15 is 0 Å². The number of nitrogens with zero attached hydrogens (tertiary/aromatic N) is 3. The number of carbonyl (C=O) groups excluding carboxylic acids is 1. The summed E-state index contributed by atoms with van der Waals surface area (Å²) < 4.78 is 13.0. The van der Waals surface area contributed by atoms with Crippen LogP contribution >= 0.6 is 23.2 Å². The summed E-state index contributed by atoms with van der Waals surface area (Å²) in [5.41, 5.74) is 1.74. The molecule has 33 heavy (non-hydrogen) atoms. The number of aromatic nitrogens is 3. The lowest BCUT2D eigenvalue weighted by atomic mass is 10.1. The van der Waals surface area contributed by atoms with Crippen molar-refractivity contribution in [2.75, 3.05) is 5.32 Å². The molecule has 2 heterocycles. The summed E-state index contributed by atoms with van der Waals surface area (Å²) in [5.74, 6) is 1.05. The van der Waals surface area contributed by atoms with Crippen LogP contribution in [0, 0.1) is 0 Å². The van der Waals surface area contributed by atoms with E-state index in [9.17, 15) is 4.79 Å². The van der Waals surface area contributed by atoms with E-state index in [1.165, 1.54) is 11.0 Å². The molecule has 0 saturated carbocycles. The van der Waals surface area contributed by atoms with Gasteiger partial charge in [0.25, 0.3) is 5.91 Å². The lowest BCUT2D eigenvalue weighted by Gasteiger charge is -2.08. The zero-order valence-electron chi connectivity index (χ0n) is 17.5. The maximum atomic E-state index is 12.5. The highest BCUT2D eigenvalue weighted by atomic mass is 35.5. The zero-order chi connectivity index (χ0) is 23.2. The van der Waals surface area contributed by atoms with Gasteiger partial charge in [0.05, 0.1) is 6.54 Å². The van der Waals surface area contributed by atoms with E-state index < -0.39 is 5.91 Å². The number of amides is 1. The molecule has 0 spiro atoms. The summed E-state index contributed by atoms with van der Waals surface area (Å²) in [6, 6.07) is 16.2. The Morgan fingerprint density at radius 2 is 1.91 bits per heavy atom. The van der Waals surface area contributed by atoms with E-state index in [1.807, 2.05) is 30.3 Å². The second-order valence-electron chi connectivity index (χ2n) is 7.08. The second-order valence-corrected chi connectivity index (χ2v) is 7.89. The minimum atomic E-state index is -0.471. The first-order valence-corrected chi connectivity index (χ1v) is 10.8. The third-order valence-corrected chi connectivity index (χ3v) is 5.44. The molecule has 2 aromatic carbocycles. The predicted molar refractivity (Wildman–Crippen MR) is 127 cm³/mol. The van der Waals surface area contributed by atoms with E-state index in [4.69, 9.17) is 32.4 Å². The van der Waals surface area contributed by atoms with Crippen LogP contribution in [0.4, 0.5) is 5.95 Å². The molecule has 2 aromatic heterocycles. The Balaban J connectivity index is 1.36. The van der Waals surface area contributed by atoms with Crippen LogP contribution in [0.3, 0.4) is 0 Å². The van der Waals surface area contributed by atoms with E-state index in [2.05, 4.69) is 22.0 Å². The molecule has 0 bridgehead atoms. The largest absolute Gasteiger partial charge is 0.485 e. The van der Waals surface area contributed by atoms with Crippen molar-refractivity contribution in [3.8, 4) is 5.75 Å². The average molecular weight is 483 g/mol. The van der Waals surface area contributed by atoms with Crippen LogP contribution in [0.1, 0.15) is 27.4 Å². The van der Waals surface area contributed by atoms with Gasteiger partial charge in [-0.15, -0.1) is 11.7 Å². The maximum absolute atomic E-state index is 12.5. The topological polar surface area (TPSA) is 82.2 Å². The number of ether oxygens (including phenoxy) is 1. The van der Waals surface area contributed by atoms with Crippen LogP contribution in [-0.4, -0.2) is 20.7 Å². The Bertz CT molecular complexity index is 1260. The molecule has 0 aliphatic rings. The van der Waals surface area contributed by atoms with Crippen molar-refractivity contribution in [2.45, 2.75) is 19.6 Å². The molecule has 168 valence electrons. The molecule has 1 N–H and O–H groups in total. The average Bonchev–Trinajstić information content (AvgIpc) is 3.46. The van der Waals surface area contributed by atoms with Crippen molar-refractivity contribution in [2.24, 2.45) is 0 Å². The van der Waals surface area contributed by atoms with Crippen molar-refractivity contribution in [3.05, 3.63) is 106 Å². The number of hydrogen-bond acceptors (Lipinski definition) is 5. The molecule has 0 atom stereocenters. The first-order valence-electron chi connectivity index (χ1n) is 10.1. The van der Waals surface area contributed by atoms with Crippen molar-refractivity contribution >= 4 is 35.1 Å². The number of furan rings is 1. The van der Waals surface area contributed by atoms with E-state index in [1.54, 1.807) is 30.3 Å². The van der Waals surface area contributed by atoms with E-state index in [-0.39, 0.29) is 18.3 Å². The van der Waals surface area contributed by atoms with Crippen LogP contribution in [0.5, 0.6) is 5.75 Å². The number of nitrogens with one attached hydrogen (secondary N) is 1. The Morgan fingerprint density at radius 3 is 2.70 bits per heavy atom. The van der Waals surface area contributed by atoms with Gasteiger partial charge in [-0.05, 0) is 42.3 Å². The molecule has 1 amide bonds. The van der Waals surface area contributed by atoms with Crippen molar-refractivity contribution in [1.29, 1.82) is 0 Å². The fourth-order valence-electron chi connectivity index (χ4n) is 3.13. The minimum absolute atomic E-state index is 0.124. The summed E-state index contributed by atoms with van der Waals surface area (Å²) in [7, 11) is 0. The monoisotopic (exact) mass is 482 g/mol. The normalized spacial score (nSPS) is 10.7. The van der Waals surface area contributed by atoms with Gasteiger partial charge in [0, 0.05) is 15.6 Å². The van der Waals surface area contributed by atoms with Crippen molar-refractivity contribution in [3.63, 3.8) is 0 Å². The van der Waals surface area contributed by atoms with Gasteiger partial charge in [-0.1, -0.05) is 53.5 Å². The molecule has 0 saturated heterocycles. The molecule has 4 aromatic rings. The predicted octanol–water partition coefficient (Wildman–Crippen LogP) is 5.79. The highest BCUT2D eigenvalue weighted by Crippen LogP contribution is 2.25. The number of benzene rings is 2. The van der Waals surface area contributed by atoms with Crippen LogP contribution in [-0.2, 0) is 19.6 Å². The Labute approximate surface area is 200 Å². The molecule has 4 rings (SSSR count). The molecule has 9 heteroatoms. The summed E-state index contributed by atoms with van der Waals surface area (Å²) in [5, 5.41) is 7.92. The number of halogens is 2. The second kappa shape index (κ2) is 10.4. The van der Waals surface area contributed by atoms with Crippen LogP contribution in [0.2, 0.25) is 10.0 Å². The molecule has 0 fully saturated rings. The first-order chi connectivity index (χ1) is 16.0. The van der Waals surface area contributed by atoms with E-state index in [0.717, 1.165) is 11.3 Å². The standard InChI is InChI=1S/C24H20Cl2N4O3/c1-2-6-16-7-3-4-10-21(16)32-14-17-11-12-22(33-17)23(31)28-24-27-15-30(29-24)13-18-19(25)8-5-9-20(18)26/h2-5,7-12,15H,1,6,13-14H2,(H,28,29,31). The zero-order valence-corrected chi connectivity index (χ0v) is 19.0. The van der Waals surface area contributed by atoms with Gasteiger partial charge in [-0.25, -0.2) is 9.67 Å². The Hall–Kier alpha value is -3.55. The minimum Gasteiger partial charge on any atom is -0.485 e. The fourth-order valence-corrected chi connectivity index (χ4v) is 3.65. The molecular formula is C24H20Cl2N4O3. The first kappa shape index (κ1) is 22.6. The van der Waals surface area contributed by atoms with Gasteiger partial charge in [0.2, 0.25) is 5.95 Å². The molecule has 7 nitrogen and oxygen atoms in total. The summed E-state index contributed by atoms with van der Waals surface area (Å²) in [6.45, 7) is 4.26. The molecule has 0 aliphatic carbocycles. The summed E-state index contributed by atoms with van der Waals surface area (Å²) in [4.78, 5) is 16.6. The molecular weight excluding hydrogens is 463 g/mol. The van der Waals surface area contributed by atoms with Crippen molar-refractivity contribution < 1.29 is 13.9 Å². The maximum Gasteiger partial charge on any atom is 0.293 e. The quantitative estimate of drug-likeness (QED) is 0.305. The van der Waals surface area contributed by atoms with E-state index in [0.29, 0.717) is 34.3 Å². The lowest BCUT2D eigenvalue weighted by molar-refractivity contribution is 0.0991. The van der Waals surface area contributed by atoms with Gasteiger partial charge in [-0.2, -0.15) is 0 Å². The number of allylic oxidation sites excluding steroid dienone is 1. The fraction of sp³-hybridized carbons (Fsp3) is 0.125. The van der Waals surface area contributed by atoms with Gasteiger partial charge in [0.15, 0.2) is 5.76 Å². The Kier molecular flexibility index (Phi) is 7.12. The smallest absolute Gasteiger partial charge is 0.293 e. The van der Waals surface area contributed by atoms with Gasteiger partial charge < -0.3 is 9.15 Å². The van der Waals surface area contributed by atoms with Crippen molar-refractivity contribution in [1.82, 2.24) is 14.8 Å². The Morgan fingerprint density at radius 1 is 1.12 bits per heavy atom. The highest BCUT2D eigenvalue weighted by Gasteiger charge is 2.15. The number of hydrogen-bond donors (Lipinski definition) is 1. The van der Waals surface area contributed by atoms with Crippen LogP contribution in [0.15, 0.2) is 78.0 Å². The van der Waals surface area contributed by atoms with Gasteiger partial charge in [-0.3, -0.25) is 10.1 Å². The summed E-state index contributed by atoms with van der Waals surface area (Å²) in [6.07, 6.45) is 4.00. The lowest BCUT2D eigenvalue weighted by Crippen LogP contribution is -2.12. The van der Waals surface area contributed by atoms with Crippen LogP contribution < -0.4 is 10.1 Å². The number of anilines is 1. The third-order valence-electron chi connectivity index (χ3n) is 4.74. The summed E-state index contributed by atoms with van der Waals surface area (Å²) >= 11 is 12.4. The van der Waals surface area contributed by atoms with Gasteiger partial charge >= 0.3 is 0 Å². The van der Waals surface area contributed by atoms with Gasteiger partial charge in [0.1, 0.15) is 24.4 Å². The van der Waals surface area contributed by atoms with Crippen LogP contribution in [0.25, 0.3) is 0 Å². The number of rotatable bonds is 9. The molecule has 0 unspecified atom stereocenters. The number of carbonyl (C=O) groups is 1. The number of para-hydroxylation sites is 1. The SMILES string of the molecule is C=CCc1ccccc1OCc1ccc(C(=O)Nc2ncn(Cc3c(Cl)cccc3Cl)n2)o1. The molecule has 0 radical (unpaired) electrons. The third kappa shape index (κ3) is 5.63. The molecule has 0 aliphatic heterocycles. The highest BCUT2D eigenvalue weighted by molar-refractivity contribution is 6.35.